The van der Waals surface area contributed by atoms with E-state index in [2.05, 4.69) is 34.5 Å². The molecule has 9 heteroatoms. The fourth-order valence-electron chi connectivity index (χ4n) is 1.99. The predicted octanol–water partition coefficient (Wildman–Crippen LogP) is 4.80. The number of unbranched alkanes of at least 4 members (excludes halogenated alkanes) is 2. The van der Waals surface area contributed by atoms with Crippen LogP contribution in [0.4, 0.5) is 13.2 Å². The van der Waals surface area contributed by atoms with Crippen LogP contribution in [0.15, 0.2) is 10.4 Å². The van der Waals surface area contributed by atoms with Gasteiger partial charge in [-0.2, -0.15) is 13.2 Å². The molecule has 0 bridgehead atoms. The lowest BCUT2D eigenvalue weighted by Gasteiger charge is -2.17. The molecule has 2 N–H and O–H groups in total. The topological polar surface area (TPSA) is 49.3 Å². The van der Waals surface area contributed by atoms with Gasteiger partial charge in [-0.15, -0.1) is 35.3 Å². The number of nitrogens with zero attached hydrogens (tertiary/aromatic N) is 2. The summed E-state index contributed by atoms with van der Waals surface area (Å²) in [4.78, 5) is 7.91. The average Bonchev–Trinajstić information content (AvgIpc) is 2.94. The normalized spacial score (nSPS) is 13.3. The van der Waals surface area contributed by atoms with E-state index in [1.54, 1.807) is 0 Å². The highest BCUT2D eigenvalue weighted by molar-refractivity contribution is 14.0. The van der Waals surface area contributed by atoms with Gasteiger partial charge in [0.15, 0.2) is 11.7 Å². The number of aromatic nitrogens is 1. The molecule has 0 amide bonds. The van der Waals surface area contributed by atoms with E-state index in [9.17, 15) is 13.2 Å². The van der Waals surface area contributed by atoms with Crippen LogP contribution in [0.2, 0.25) is 0 Å². The van der Waals surface area contributed by atoms with Crippen LogP contribution in [0.3, 0.4) is 0 Å². The zero-order valence-electron chi connectivity index (χ0n) is 14.2. The SMILES string of the molecule is CCCCCC(C)NC(=NCc1nc(C(F)(F)F)cs1)NCC.I. The molecule has 140 valence electrons. The van der Waals surface area contributed by atoms with E-state index in [1.165, 1.54) is 12.8 Å². The Kier molecular flexibility index (Phi) is 11.6. The summed E-state index contributed by atoms with van der Waals surface area (Å²) in [6.45, 7) is 7.02. The first-order valence-corrected chi connectivity index (χ1v) is 8.81. The van der Waals surface area contributed by atoms with Crippen LogP contribution in [0.5, 0.6) is 0 Å². The lowest BCUT2D eigenvalue weighted by Crippen LogP contribution is -2.42. The fraction of sp³-hybridized carbons (Fsp3) is 0.733. The van der Waals surface area contributed by atoms with E-state index in [1.807, 2.05) is 6.92 Å². The van der Waals surface area contributed by atoms with Crippen molar-refractivity contribution in [2.45, 2.75) is 65.2 Å². The molecule has 0 fully saturated rings. The maximum atomic E-state index is 12.5. The first kappa shape index (κ1) is 23.4. The minimum absolute atomic E-state index is 0. The van der Waals surface area contributed by atoms with Crippen molar-refractivity contribution in [3.8, 4) is 0 Å². The van der Waals surface area contributed by atoms with Gasteiger partial charge >= 0.3 is 6.18 Å². The standard InChI is InChI=1S/C15H25F3N4S.HI/c1-4-6-7-8-11(3)21-14(19-5-2)20-9-13-22-12(10-23-13)15(16,17)18;/h10-11H,4-9H2,1-3H3,(H2,19,20,21);1H. The molecule has 1 unspecified atom stereocenters. The van der Waals surface area contributed by atoms with Gasteiger partial charge in [-0.05, 0) is 20.3 Å². The van der Waals surface area contributed by atoms with Crippen molar-refractivity contribution in [3.05, 3.63) is 16.1 Å². The van der Waals surface area contributed by atoms with E-state index in [-0.39, 0.29) is 36.6 Å². The predicted molar refractivity (Wildman–Crippen MR) is 104 cm³/mol. The molecule has 1 aromatic rings. The van der Waals surface area contributed by atoms with E-state index >= 15 is 0 Å². The van der Waals surface area contributed by atoms with Crippen LogP contribution < -0.4 is 10.6 Å². The van der Waals surface area contributed by atoms with Crippen LogP contribution in [0, 0.1) is 0 Å². The minimum atomic E-state index is -4.39. The number of halogens is 4. The molecule has 0 aliphatic heterocycles. The molecule has 0 saturated carbocycles. The maximum Gasteiger partial charge on any atom is 0.434 e. The molecule has 24 heavy (non-hydrogen) atoms. The summed E-state index contributed by atoms with van der Waals surface area (Å²) in [5.41, 5.74) is -0.849. The van der Waals surface area contributed by atoms with Gasteiger partial charge in [0.25, 0.3) is 0 Å². The number of aliphatic imine (C=N–C) groups is 1. The summed E-state index contributed by atoms with van der Waals surface area (Å²) in [5, 5.41) is 7.76. The van der Waals surface area contributed by atoms with Gasteiger partial charge < -0.3 is 10.6 Å². The van der Waals surface area contributed by atoms with Crippen LogP contribution in [-0.2, 0) is 12.7 Å². The lowest BCUT2D eigenvalue weighted by molar-refractivity contribution is -0.140. The third-order valence-electron chi connectivity index (χ3n) is 3.18. The zero-order valence-corrected chi connectivity index (χ0v) is 17.4. The summed E-state index contributed by atoms with van der Waals surface area (Å²) in [5.74, 6) is 0.611. The van der Waals surface area contributed by atoms with E-state index in [0.717, 1.165) is 29.6 Å². The van der Waals surface area contributed by atoms with Gasteiger partial charge in [0.2, 0.25) is 0 Å². The molecular weight excluding hydrogens is 452 g/mol. The Bertz CT molecular complexity index is 491. The number of hydrogen-bond acceptors (Lipinski definition) is 3. The Morgan fingerprint density at radius 2 is 2.04 bits per heavy atom. The second-order valence-corrected chi connectivity index (χ2v) is 6.30. The van der Waals surface area contributed by atoms with Gasteiger partial charge in [0.05, 0.1) is 6.54 Å². The van der Waals surface area contributed by atoms with Crippen molar-refractivity contribution in [2.24, 2.45) is 4.99 Å². The first-order chi connectivity index (χ1) is 10.9. The minimum Gasteiger partial charge on any atom is -0.357 e. The molecule has 0 aromatic carbocycles. The molecule has 4 nitrogen and oxygen atoms in total. The molecule has 1 heterocycles. The van der Waals surface area contributed by atoms with Crippen molar-refractivity contribution < 1.29 is 13.2 Å². The van der Waals surface area contributed by atoms with Crippen molar-refractivity contribution in [1.29, 1.82) is 0 Å². The number of alkyl halides is 3. The van der Waals surface area contributed by atoms with Gasteiger partial charge in [-0.1, -0.05) is 26.2 Å². The summed E-state index contributed by atoms with van der Waals surface area (Å²) in [6, 6.07) is 0.265. The first-order valence-electron chi connectivity index (χ1n) is 7.93. The Labute approximate surface area is 162 Å². The summed E-state index contributed by atoms with van der Waals surface area (Å²) < 4.78 is 37.6. The zero-order chi connectivity index (χ0) is 17.3. The van der Waals surface area contributed by atoms with Gasteiger partial charge in [-0.3, -0.25) is 0 Å². The Hall–Kier alpha value is -0.580. The molecular formula is C15H26F3IN4S. The Morgan fingerprint density at radius 3 is 2.58 bits per heavy atom. The summed E-state index contributed by atoms with van der Waals surface area (Å²) in [6.07, 6.45) is 0.153. The van der Waals surface area contributed by atoms with Gasteiger partial charge in [0.1, 0.15) is 5.01 Å². The monoisotopic (exact) mass is 478 g/mol. The van der Waals surface area contributed by atoms with Crippen LogP contribution in [0.1, 0.15) is 57.2 Å². The second-order valence-electron chi connectivity index (χ2n) is 5.36. The highest BCUT2D eigenvalue weighted by Crippen LogP contribution is 2.30. The third kappa shape index (κ3) is 9.05. The van der Waals surface area contributed by atoms with Crippen LogP contribution in [-0.4, -0.2) is 23.5 Å². The van der Waals surface area contributed by atoms with Gasteiger partial charge in [0, 0.05) is 18.0 Å². The Morgan fingerprint density at radius 1 is 1.33 bits per heavy atom. The van der Waals surface area contributed by atoms with Gasteiger partial charge in [-0.25, -0.2) is 9.98 Å². The van der Waals surface area contributed by atoms with E-state index < -0.39 is 11.9 Å². The van der Waals surface area contributed by atoms with Crippen LogP contribution in [0.25, 0.3) is 0 Å². The molecule has 0 radical (unpaired) electrons. The van der Waals surface area contributed by atoms with E-state index in [0.29, 0.717) is 17.5 Å². The quantitative estimate of drug-likeness (QED) is 0.244. The number of nitrogens with one attached hydrogen (secondary N) is 2. The third-order valence-corrected chi connectivity index (χ3v) is 4.02. The number of thiazole rings is 1. The summed E-state index contributed by atoms with van der Waals surface area (Å²) in [7, 11) is 0. The molecule has 1 atom stereocenters. The van der Waals surface area contributed by atoms with Crippen LogP contribution >= 0.6 is 35.3 Å². The van der Waals surface area contributed by atoms with E-state index in [4.69, 9.17) is 0 Å². The second kappa shape index (κ2) is 11.9. The van der Waals surface area contributed by atoms with Crippen molar-refractivity contribution in [2.75, 3.05) is 6.54 Å². The van der Waals surface area contributed by atoms with Crippen molar-refractivity contribution >= 4 is 41.3 Å². The van der Waals surface area contributed by atoms with Crippen molar-refractivity contribution in [1.82, 2.24) is 15.6 Å². The lowest BCUT2D eigenvalue weighted by atomic mass is 10.1. The largest absolute Gasteiger partial charge is 0.434 e. The smallest absolute Gasteiger partial charge is 0.357 e. The maximum absolute atomic E-state index is 12.5. The van der Waals surface area contributed by atoms with Crippen molar-refractivity contribution in [3.63, 3.8) is 0 Å². The molecule has 0 spiro atoms. The Balaban J connectivity index is 0.00000529. The number of rotatable bonds is 8. The number of hydrogen-bond donors (Lipinski definition) is 2. The highest BCUT2D eigenvalue weighted by Gasteiger charge is 2.33. The molecule has 1 aromatic heterocycles. The molecule has 0 aliphatic rings. The molecule has 1 rings (SSSR count). The molecule has 0 saturated heterocycles. The highest BCUT2D eigenvalue weighted by atomic mass is 127. The average molecular weight is 478 g/mol. The fourth-order valence-corrected chi connectivity index (χ4v) is 2.71. The number of guanidine groups is 1. The summed E-state index contributed by atoms with van der Waals surface area (Å²) >= 11 is 0.978. The molecule has 0 aliphatic carbocycles.